The van der Waals surface area contributed by atoms with E-state index in [0.29, 0.717) is 17.5 Å². The maximum Gasteiger partial charge on any atom is 0.269 e. The number of carbonyl (C=O) groups is 1. The number of amides is 1. The van der Waals surface area contributed by atoms with E-state index in [-0.39, 0.29) is 22.6 Å². The third kappa shape index (κ3) is 3.23. The second kappa shape index (κ2) is 7.75. The molecule has 1 aliphatic carbocycles. The molecule has 0 fully saturated rings. The fraction of sp³-hybridized carbons (Fsp3) is 0.381. The van der Waals surface area contributed by atoms with Gasteiger partial charge in [0.2, 0.25) is 0 Å². The van der Waals surface area contributed by atoms with Crippen molar-refractivity contribution in [1.82, 2.24) is 13.9 Å². The van der Waals surface area contributed by atoms with Crippen LogP contribution in [0.1, 0.15) is 40.6 Å². The molecule has 31 heavy (non-hydrogen) atoms. The summed E-state index contributed by atoms with van der Waals surface area (Å²) in [6.07, 6.45) is 4.17. The Morgan fingerprint density at radius 1 is 1.16 bits per heavy atom. The fourth-order valence-electron chi connectivity index (χ4n) is 4.28. The average molecular weight is 476 g/mol. The number of aryl methyl sites for hydroxylation is 2. The third-order valence-corrected chi connectivity index (χ3v) is 9.78. The first-order valence-electron chi connectivity index (χ1n) is 10.3. The minimum absolute atomic E-state index is 0.0216. The zero-order valence-electron chi connectivity index (χ0n) is 17.0. The van der Waals surface area contributed by atoms with E-state index < -0.39 is 15.9 Å². The fourth-order valence-corrected chi connectivity index (χ4v) is 8.26. The highest BCUT2D eigenvalue weighted by atomic mass is 32.2. The van der Waals surface area contributed by atoms with Crippen LogP contribution in [0.3, 0.4) is 0 Å². The van der Waals surface area contributed by atoms with Crippen molar-refractivity contribution in [3.8, 4) is 0 Å². The van der Waals surface area contributed by atoms with E-state index in [1.165, 1.54) is 28.8 Å². The SMILES string of the molecule is CCn1c(SCCN2C(=O)c3ccccc3S2(=O)=O)nc2sc3c(c2c1=O)CCCC3. The molecule has 0 N–H and O–H groups in total. The summed E-state index contributed by atoms with van der Waals surface area (Å²) >= 11 is 2.91. The van der Waals surface area contributed by atoms with E-state index in [4.69, 9.17) is 4.98 Å². The highest BCUT2D eigenvalue weighted by Gasteiger charge is 2.40. The Hall–Kier alpha value is -2.17. The lowest BCUT2D eigenvalue weighted by atomic mass is 9.97. The number of thiophene rings is 1. The van der Waals surface area contributed by atoms with E-state index >= 15 is 0 Å². The van der Waals surface area contributed by atoms with Gasteiger partial charge in [-0.25, -0.2) is 17.7 Å². The maximum absolute atomic E-state index is 13.2. The number of hydrogen-bond acceptors (Lipinski definition) is 7. The van der Waals surface area contributed by atoms with Gasteiger partial charge in [0.05, 0.1) is 10.9 Å². The second-order valence-electron chi connectivity index (χ2n) is 7.56. The highest BCUT2D eigenvalue weighted by molar-refractivity contribution is 7.99. The maximum atomic E-state index is 13.2. The summed E-state index contributed by atoms with van der Waals surface area (Å²) < 4.78 is 28.0. The number of rotatable bonds is 5. The summed E-state index contributed by atoms with van der Waals surface area (Å²) in [4.78, 5) is 32.6. The molecule has 3 heterocycles. The molecule has 162 valence electrons. The number of benzene rings is 1. The van der Waals surface area contributed by atoms with Crippen molar-refractivity contribution < 1.29 is 13.2 Å². The van der Waals surface area contributed by atoms with Gasteiger partial charge in [-0.15, -0.1) is 11.3 Å². The molecule has 0 unspecified atom stereocenters. The molecule has 0 saturated carbocycles. The van der Waals surface area contributed by atoms with E-state index in [1.54, 1.807) is 28.0 Å². The number of aromatic nitrogens is 2. The third-order valence-electron chi connectivity index (χ3n) is 5.79. The van der Waals surface area contributed by atoms with Crippen molar-refractivity contribution in [2.45, 2.75) is 49.2 Å². The van der Waals surface area contributed by atoms with E-state index in [9.17, 15) is 18.0 Å². The van der Waals surface area contributed by atoms with Gasteiger partial charge in [0, 0.05) is 23.7 Å². The van der Waals surface area contributed by atoms with Crippen LogP contribution >= 0.6 is 23.1 Å². The number of hydrogen-bond donors (Lipinski definition) is 0. The van der Waals surface area contributed by atoms with Gasteiger partial charge in [-0.05, 0) is 50.3 Å². The zero-order chi connectivity index (χ0) is 21.8. The van der Waals surface area contributed by atoms with Crippen LogP contribution in [0.5, 0.6) is 0 Å². The molecule has 0 radical (unpaired) electrons. The number of carbonyl (C=O) groups excluding carboxylic acids is 1. The van der Waals surface area contributed by atoms with Crippen molar-refractivity contribution in [3.05, 3.63) is 50.6 Å². The summed E-state index contributed by atoms with van der Waals surface area (Å²) in [5, 5.41) is 1.32. The van der Waals surface area contributed by atoms with Crippen molar-refractivity contribution in [2.75, 3.05) is 12.3 Å². The van der Waals surface area contributed by atoms with Crippen molar-refractivity contribution in [2.24, 2.45) is 0 Å². The Morgan fingerprint density at radius 3 is 2.71 bits per heavy atom. The summed E-state index contributed by atoms with van der Waals surface area (Å²) in [6, 6.07) is 6.26. The molecule has 0 spiro atoms. The average Bonchev–Trinajstić information content (AvgIpc) is 3.22. The van der Waals surface area contributed by atoms with Crippen LogP contribution in [0.2, 0.25) is 0 Å². The van der Waals surface area contributed by atoms with Gasteiger partial charge in [0.1, 0.15) is 9.73 Å². The second-order valence-corrected chi connectivity index (χ2v) is 11.5. The molecule has 1 aromatic carbocycles. The standard InChI is InChI=1S/C21H21N3O4S3/c1-2-23-20(26)17-13-7-3-5-9-15(13)30-18(17)22-21(23)29-12-11-24-19(25)14-8-4-6-10-16(14)31(24,27)28/h4,6,8,10H,2-3,5,7,9,11-12H2,1H3. The first-order valence-corrected chi connectivity index (χ1v) is 13.5. The molecule has 2 aliphatic rings. The first-order chi connectivity index (χ1) is 14.9. The minimum Gasteiger partial charge on any atom is -0.287 e. The lowest BCUT2D eigenvalue weighted by Gasteiger charge is -2.15. The monoisotopic (exact) mass is 475 g/mol. The molecule has 10 heteroatoms. The lowest BCUT2D eigenvalue weighted by Crippen LogP contribution is -2.32. The van der Waals surface area contributed by atoms with Crippen LogP contribution in [0.25, 0.3) is 10.2 Å². The van der Waals surface area contributed by atoms with Crippen LogP contribution in [0, 0.1) is 0 Å². The predicted octanol–water partition coefficient (Wildman–Crippen LogP) is 3.29. The van der Waals surface area contributed by atoms with Gasteiger partial charge >= 0.3 is 0 Å². The molecular formula is C21H21N3O4S3. The van der Waals surface area contributed by atoms with Gasteiger partial charge in [-0.3, -0.25) is 14.2 Å². The lowest BCUT2D eigenvalue weighted by molar-refractivity contribution is 0.0876. The van der Waals surface area contributed by atoms with Crippen LogP contribution in [0.15, 0.2) is 39.1 Å². The van der Waals surface area contributed by atoms with Gasteiger partial charge in [-0.2, -0.15) is 0 Å². The molecule has 3 aromatic rings. The summed E-state index contributed by atoms with van der Waals surface area (Å²) in [7, 11) is -3.83. The summed E-state index contributed by atoms with van der Waals surface area (Å²) in [5.41, 5.74) is 1.35. The van der Waals surface area contributed by atoms with E-state index in [2.05, 4.69) is 0 Å². The molecule has 1 amide bonds. The van der Waals surface area contributed by atoms with Crippen LogP contribution in [-0.2, 0) is 29.4 Å². The van der Waals surface area contributed by atoms with Crippen molar-refractivity contribution in [1.29, 1.82) is 0 Å². The Kier molecular flexibility index (Phi) is 5.18. The smallest absolute Gasteiger partial charge is 0.269 e. The van der Waals surface area contributed by atoms with E-state index in [0.717, 1.165) is 45.8 Å². The molecule has 1 aliphatic heterocycles. The van der Waals surface area contributed by atoms with Gasteiger partial charge in [-0.1, -0.05) is 23.9 Å². The Bertz CT molecular complexity index is 1370. The molecular weight excluding hydrogens is 454 g/mol. The minimum atomic E-state index is -3.83. The van der Waals surface area contributed by atoms with Crippen molar-refractivity contribution in [3.63, 3.8) is 0 Å². The number of thioether (sulfide) groups is 1. The Morgan fingerprint density at radius 2 is 1.94 bits per heavy atom. The first kappa shape index (κ1) is 20.7. The summed E-state index contributed by atoms with van der Waals surface area (Å²) in [5.74, 6) is -0.180. The number of sulfonamides is 1. The number of nitrogens with zero attached hydrogens (tertiary/aromatic N) is 3. The molecule has 7 nitrogen and oxygen atoms in total. The highest BCUT2D eigenvalue weighted by Crippen LogP contribution is 2.35. The number of fused-ring (bicyclic) bond motifs is 4. The van der Waals surface area contributed by atoms with Crippen LogP contribution in [-0.4, -0.2) is 40.5 Å². The molecule has 5 rings (SSSR count). The quantitative estimate of drug-likeness (QED) is 0.416. The van der Waals surface area contributed by atoms with Crippen LogP contribution in [0.4, 0.5) is 0 Å². The van der Waals surface area contributed by atoms with Gasteiger partial charge in [0.15, 0.2) is 5.16 Å². The molecule has 0 saturated heterocycles. The molecule has 0 bridgehead atoms. The van der Waals surface area contributed by atoms with Crippen molar-refractivity contribution >= 4 is 49.2 Å². The van der Waals surface area contributed by atoms with E-state index in [1.807, 2.05) is 6.92 Å². The van der Waals surface area contributed by atoms with Gasteiger partial charge in [0.25, 0.3) is 21.5 Å². The molecule has 0 atom stereocenters. The Labute approximate surface area is 188 Å². The zero-order valence-corrected chi connectivity index (χ0v) is 19.4. The van der Waals surface area contributed by atoms with Gasteiger partial charge < -0.3 is 0 Å². The predicted molar refractivity (Wildman–Crippen MR) is 122 cm³/mol. The summed E-state index contributed by atoms with van der Waals surface area (Å²) in [6.45, 7) is 2.42. The molecule has 2 aromatic heterocycles. The largest absolute Gasteiger partial charge is 0.287 e. The topological polar surface area (TPSA) is 89.3 Å². The normalized spacial score (nSPS) is 17.2. The Balaban J connectivity index is 1.42. The van der Waals surface area contributed by atoms with Crippen LogP contribution < -0.4 is 5.56 Å².